The van der Waals surface area contributed by atoms with Crippen molar-refractivity contribution in [3.8, 4) is 17.1 Å². The molecule has 0 saturated heterocycles. The zero-order chi connectivity index (χ0) is 29.1. The molecule has 1 aliphatic heterocycles. The van der Waals surface area contributed by atoms with Gasteiger partial charge in [0, 0.05) is 17.2 Å². The SMILES string of the molecule is CCOC(=O)C1=C(C)N=c2s/c(=C/c3ccc(-c4ccc(C(=O)OCC)cc4)o3)c(=O)n2[C@H]1c1ccccc1OC. The lowest BCUT2D eigenvalue weighted by Crippen LogP contribution is -2.40. The average Bonchev–Trinajstić information content (AvgIpc) is 3.56. The van der Waals surface area contributed by atoms with Gasteiger partial charge in [-0.2, -0.15) is 0 Å². The molecule has 41 heavy (non-hydrogen) atoms. The number of para-hydroxylation sites is 1. The highest BCUT2D eigenvalue weighted by Gasteiger charge is 2.35. The number of ether oxygens (including phenoxy) is 3. The van der Waals surface area contributed by atoms with Gasteiger partial charge in [0.1, 0.15) is 23.3 Å². The van der Waals surface area contributed by atoms with Gasteiger partial charge < -0.3 is 18.6 Å². The molecule has 9 nitrogen and oxygen atoms in total. The van der Waals surface area contributed by atoms with Crippen LogP contribution in [-0.4, -0.2) is 36.8 Å². The fourth-order valence-corrected chi connectivity index (χ4v) is 5.70. The Kier molecular flexibility index (Phi) is 8.02. The van der Waals surface area contributed by atoms with Crippen molar-refractivity contribution in [3.63, 3.8) is 0 Å². The number of esters is 2. The number of benzene rings is 2. The summed E-state index contributed by atoms with van der Waals surface area (Å²) in [6.07, 6.45) is 1.66. The Morgan fingerprint density at radius 1 is 1.00 bits per heavy atom. The van der Waals surface area contributed by atoms with E-state index in [1.165, 1.54) is 15.9 Å². The molecular formula is C31H28N2O7S. The Hall–Kier alpha value is -4.70. The molecule has 0 amide bonds. The van der Waals surface area contributed by atoms with E-state index in [1.54, 1.807) is 76.4 Å². The van der Waals surface area contributed by atoms with E-state index >= 15 is 0 Å². The average molecular weight is 573 g/mol. The van der Waals surface area contributed by atoms with Crippen molar-refractivity contribution in [2.75, 3.05) is 20.3 Å². The van der Waals surface area contributed by atoms with Crippen molar-refractivity contribution in [1.82, 2.24) is 4.57 Å². The van der Waals surface area contributed by atoms with Crippen LogP contribution in [0.3, 0.4) is 0 Å². The van der Waals surface area contributed by atoms with Gasteiger partial charge in [-0.15, -0.1) is 0 Å². The van der Waals surface area contributed by atoms with Crippen LogP contribution in [0.2, 0.25) is 0 Å². The molecule has 210 valence electrons. The molecule has 10 heteroatoms. The molecule has 1 atom stereocenters. The summed E-state index contributed by atoms with van der Waals surface area (Å²) in [5.41, 5.74) is 2.29. The van der Waals surface area contributed by atoms with Crippen LogP contribution in [0, 0.1) is 0 Å². The van der Waals surface area contributed by atoms with Crippen molar-refractivity contribution < 1.29 is 28.2 Å². The second-order valence-corrected chi connectivity index (χ2v) is 10.1. The van der Waals surface area contributed by atoms with Crippen molar-refractivity contribution in [1.29, 1.82) is 0 Å². The molecular weight excluding hydrogens is 544 g/mol. The van der Waals surface area contributed by atoms with E-state index in [0.717, 1.165) is 5.56 Å². The Morgan fingerprint density at radius 3 is 2.41 bits per heavy atom. The van der Waals surface area contributed by atoms with Gasteiger partial charge in [0.2, 0.25) is 0 Å². The molecule has 3 heterocycles. The standard InChI is InChI=1S/C31H28N2O7S/c1-5-38-29(35)20-13-11-19(12-14-20)23-16-15-21(40-23)17-25-28(34)33-27(22-9-7-8-10-24(22)37-4)26(30(36)39-6-2)18(3)32-31(33)41-25/h7-17,27H,5-6H2,1-4H3/b25-17+/t27-/m0/s1. The maximum absolute atomic E-state index is 13.8. The summed E-state index contributed by atoms with van der Waals surface area (Å²) in [4.78, 5) is 43.9. The number of methoxy groups -OCH3 is 1. The number of furan rings is 1. The third kappa shape index (κ3) is 5.38. The Bertz CT molecular complexity index is 1830. The van der Waals surface area contributed by atoms with Crippen molar-refractivity contribution in [3.05, 3.63) is 109 Å². The molecule has 2 aromatic heterocycles. The van der Waals surface area contributed by atoms with Crippen molar-refractivity contribution >= 4 is 29.4 Å². The number of aromatic nitrogens is 1. The number of carbonyl (C=O) groups excluding carboxylic acids is 2. The molecule has 0 aliphatic carbocycles. The Balaban J connectivity index is 1.57. The van der Waals surface area contributed by atoms with E-state index in [1.807, 2.05) is 18.2 Å². The van der Waals surface area contributed by atoms with Gasteiger partial charge >= 0.3 is 11.9 Å². The van der Waals surface area contributed by atoms with Gasteiger partial charge in [-0.1, -0.05) is 41.7 Å². The molecule has 0 spiro atoms. The quantitative estimate of drug-likeness (QED) is 0.291. The number of allylic oxidation sites excluding steroid dienone is 1. The van der Waals surface area contributed by atoms with Crippen LogP contribution >= 0.6 is 11.3 Å². The van der Waals surface area contributed by atoms with E-state index in [2.05, 4.69) is 4.99 Å². The van der Waals surface area contributed by atoms with Crippen molar-refractivity contribution in [2.45, 2.75) is 26.8 Å². The first-order valence-corrected chi connectivity index (χ1v) is 13.9. The maximum atomic E-state index is 13.8. The molecule has 0 fully saturated rings. The van der Waals surface area contributed by atoms with Gasteiger partial charge in [-0.25, -0.2) is 14.6 Å². The predicted octanol–water partition coefficient (Wildman–Crippen LogP) is 4.24. The van der Waals surface area contributed by atoms with Crippen molar-refractivity contribution in [2.24, 2.45) is 4.99 Å². The number of rotatable bonds is 8. The molecule has 0 bridgehead atoms. The summed E-state index contributed by atoms with van der Waals surface area (Å²) in [6, 6.07) is 16.9. The summed E-state index contributed by atoms with van der Waals surface area (Å²) >= 11 is 1.20. The van der Waals surface area contributed by atoms with Crippen LogP contribution in [0.15, 0.2) is 86.1 Å². The second-order valence-electron chi connectivity index (χ2n) is 9.04. The summed E-state index contributed by atoms with van der Waals surface area (Å²) < 4.78 is 23.9. The minimum atomic E-state index is -0.784. The van der Waals surface area contributed by atoms with Crippen LogP contribution in [0.25, 0.3) is 17.4 Å². The molecule has 5 rings (SSSR count). The summed E-state index contributed by atoms with van der Waals surface area (Å²) in [7, 11) is 1.54. The first kappa shape index (κ1) is 27.9. The monoisotopic (exact) mass is 572 g/mol. The van der Waals surface area contributed by atoms with Gasteiger partial charge in [0.05, 0.1) is 41.7 Å². The lowest BCUT2D eigenvalue weighted by Gasteiger charge is -2.25. The van der Waals surface area contributed by atoms with Gasteiger partial charge in [-0.3, -0.25) is 9.36 Å². The third-order valence-corrected chi connectivity index (χ3v) is 7.51. The highest BCUT2D eigenvalue weighted by atomic mass is 32.1. The normalized spacial score (nSPS) is 14.8. The van der Waals surface area contributed by atoms with Crippen LogP contribution in [0.5, 0.6) is 5.75 Å². The van der Waals surface area contributed by atoms with E-state index in [9.17, 15) is 14.4 Å². The minimum absolute atomic E-state index is 0.186. The zero-order valence-electron chi connectivity index (χ0n) is 23.0. The first-order valence-electron chi connectivity index (χ1n) is 13.1. The Morgan fingerprint density at radius 2 is 1.71 bits per heavy atom. The fourth-order valence-electron chi connectivity index (χ4n) is 4.68. The fraction of sp³-hybridized carbons (Fsp3) is 0.226. The summed E-state index contributed by atoms with van der Waals surface area (Å²) in [5, 5.41) is 0. The molecule has 0 radical (unpaired) electrons. The van der Waals surface area contributed by atoms with Crippen LogP contribution in [0.4, 0.5) is 0 Å². The lowest BCUT2D eigenvalue weighted by atomic mass is 9.95. The molecule has 0 unspecified atom stereocenters. The molecule has 1 aliphatic rings. The minimum Gasteiger partial charge on any atom is -0.496 e. The largest absolute Gasteiger partial charge is 0.496 e. The van der Waals surface area contributed by atoms with E-state index in [-0.39, 0.29) is 23.7 Å². The second kappa shape index (κ2) is 11.8. The van der Waals surface area contributed by atoms with Crippen LogP contribution < -0.4 is 19.6 Å². The van der Waals surface area contributed by atoms with E-state index in [4.69, 9.17) is 18.6 Å². The van der Waals surface area contributed by atoms with Gasteiger partial charge in [0.25, 0.3) is 5.56 Å². The maximum Gasteiger partial charge on any atom is 0.338 e. The summed E-state index contributed by atoms with van der Waals surface area (Å²) in [5.74, 6) is 0.654. The smallest absolute Gasteiger partial charge is 0.338 e. The lowest BCUT2D eigenvalue weighted by molar-refractivity contribution is -0.139. The van der Waals surface area contributed by atoms with Crippen LogP contribution in [-0.2, 0) is 14.3 Å². The highest BCUT2D eigenvalue weighted by molar-refractivity contribution is 7.07. The number of fused-ring (bicyclic) bond motifs is 1. The number of thiazole rings is 1. The number of carbonyl (C=O) groups is 2. The van der Waals surface area contributed by atoms with E-state index in [0.29, 0.717) is 50.0 Å². The number of hydrogen-bond acceptors (Lipinski definition) is 9. The zero-order valence-corrected chi connectivity index (χ0v) is 23.8. The first-order chi connectivity index (χ1) is 19.9. The molecule has 2 aromatic carbocycles. The highest BCUT2D eigenvalue weighted by Crippen LogP contribution is 2.35. The summed E-state index contributed by atoms with van der Waals surface area (Å²) in [6.45, 7) is 5.71. The van der Waals surface area contributed by atoms with Gasteiger partial charge in [-0.05, 0) is 51.1 Å². The molecule has 0 saturated carbocycles. The molecule has 4 aromatic rings. The molecule has 0 N–H and O–H groups in total. The predicted molar refractivity (Wildman–Crippen MR) is 153 cm³/mol. The van der Waals surface area contributed by atoms with E-state index < -0.39 is 12.0 Å². The van der Waals surface area contributed by atoms with Crippen LogP contribution in [0.1, 0.15) is 48.5 Å². The number of hydrogen-bond donors (Lipinski definition) is 0. The topological polar surface area (TPSA) is 109 Å². The Labute approximate surface area is 239 Å². The number of nitrogens with zero attached hydrogens (tertiary/aromatic N) is 2. The third-order valence-electron chi connectivity index (χ3n) is 6.53. The van der Waals surface area contributed by atoms with Gasteiger partial charge in [0.15, 0.2) is 4.80 Å².